The minimum Gasteiger partial charge on any atom is -0.309 e. The van der Waals surface area contributed by atoms with E-state index >= 15 is 0 Å². The van der Waals surface area contributed by atoms with E-state index in [4.69, 9.17) is 12.2 Å². The second kappa shape index (κ2) is 5.60. The number of aromatic amines is 2. The summed E-state index contributed by atoms with van der Waals surface area (Å²) in [5.41, 5.74) is 1.43. The number of pyridine rings is 1. The molecule has 0 saturated heterocycles. The Kier molecular flexibility index (Phi) is 4.18. The number of nitrogens with one attached hydrogen (secondary N) is 2. The fourth-order valence-electron chi connectivity index (χ4n) is 2.36. The summed E-state index contributed by atoms with van der Waals surface area (Å²) < 4.78 is 2.22. The second-order valence-electron chi connectivity index (χ2n) is 6.33. The van der Waals surface area contributed by atoms with Gasteiger partial charge in [0.05, 0.1) is 5.56 Å². The van der Waals surface area contributed by atoms with E-state index in [0.717, 1.165) is 12.1 Å². The van der Waals surface area contributed by atoms with Gasteiger partial charge in [-0.15, -0.1) is 0 Å². The van der Waals surface area contributed by atoms with E-state index in [2.05, 4.69) is 49.8 Å². The van der Waals surface area contributed by atoms with Gasteiger partial charge in [-0.05, 0) is 37.7 Å². The molecule has 0 spiro atoms. The third-order valence-corrected chi connectivity index (χ3v) is 3.87. The molecule has 1 unspecified atom stereocenters. The van der Waals surface area contributed by atoms with Crippen molar-refractivity contribution in [1.29, 1.82) is 0 Å². The Morgan fingerprint density at radius 3 is 2.48 bits per heavy atom. The third kappa shape index (κ3) is 3.00. The van der Waals surface area contributed by atoms with Gasteiger partial charge in [-0.2, -0.15) is 4.98 Å². The van der Waals surface area contributed by atoms with Crippen molar-refractivity contribution in [3.8, 4) is 11.4 Å². The molecule has 0 aliphatic heterocycles. The standard InChI is InChI=1S/C15H22N4OS/c1-6-9(2)19-11(15(3,4)5)8-7-10(13(19)20)12-16-14(21)18-17-12/h7-9H,6H2,1-5H3,(H2,16,17,18,21). The summed E-state index contributed by atoms with van der Waals surface area (Å²) in [5, 5.41) is 5.58. The van der Waals surface area contributed by atoms with E-state index in [0.29, 0.717) is 16.2 Å². The van der Waals surface area contributed by atoms with Crippen molar-refractivity contribution in [3.05, 3.63) is 33.0 Å². The van der Waals surface area contributed by atoms with Gasteiger partial charge in [0.1, 0.15) is 0 Å². The van der Waals surface area contributed by atoms with E-state index < -0.39 is 0 Å². The molecule has 21 heavy (non-hydrogen) atoms. The van der Waals surface area contributed by atoms with Crippen LogP contribution in [0, 0.1) is 4.77 Å². The van der Waals surface area contributed by atoms with Gasteiger partial charge in [-0.3, -0.25) is 15.0 Å². The van der Waals surface area contributed by atoms with Crippen LogP contribution in [0.25, 0.3) is 11.4 Å². The molecule has 114 valence electrons. The summed E-state index contributed by atoms with van der Waals surface area (Å²) in [4.78, 5) is 17.1. The lowest BCUT2D eigenvalue weighted by molar-refractivity contribution is 0.439. The van der Waals surface area contributed by atoms with Crippen LogP contribution in [0.1, 0.15) is 52.8 Å². The van der Waals surface area contributed by atoms with Crippen LogP contribution in [-0.4, -0.2) is 19.7 Å². The Morgan fingerprint density at radius 1 is 1.33 bits per heavy atom. The van der Waals surface area contributed by atoms with E-state index in [-0.39, 0.29) is 17.0 Å². The number of H-pyrrole nitrogens is 2. The molecule has 2 N–H and O–H groups in total. The predicted octanol–water partition coefficient (Wildman–Crippen LogP) is 3.56. The molecule has 5 nitrogen and oxygen atoms in total. The minimum atomic E-state index is -0.0976. The van der Waals surface area contributed by atoms with Crippen molar-refractivity contribution in [2.45, 2.75) is 52.5 Å². The van der Waals surface area contributed by atoms with Crippen molar-refractivity contribution in [2.75, 3.05) is 0 Å². The zero-order valence-corrected chi connectivity index (χ0v) is 14.0. The van der Waals surface area contributed by atoms with Crippen LogP contribution >= 0.6 is 12.2 Å². The van der Waals surface area contributed by atoms with Gasteiger partial charge in [0.2, 0.25) is 4.77 Å². The van der Waals surface area contributed by atoms with Crippen molar-refractivity contribution in [3.63, 3.8) is 0 Å². The third-order valence-electron chi connectivity index (χ3n) is 3.67. The van der Waals surface area contributed by atoms with Crippen LogP contribution < -0.4 is 5.56 Å². The highest BCUT2D eigenvalue weighted by molar-refractivity contribution is 7.71. The Hall–Kier alpha value is -1.69. The van der Waals surface area contributed by atoms with Crippen molar-refractivity contribution >= 4 is 12.2 Å². The van der Waals surface area contributed by atoms with Crippen LogP contribution in [0.15, 0.2) is 16.9 Å². The molecule has 1 atom stereocenters. The molecule has 0 fully saturated rings. The lowest BCUT2D eigenvalue weighted by Gasteiger charge is -2.27. The Labute approximate surface area is 129 Å². The summed E-state index contributed by atoms with van der Waals surface area (Å²) in [6.45, 7) is 10.5. The molecular formula is C15H22N4OS. The van der Waals surface area contributed by atoms with Crippen LogP contribution in [0.2, 0.25) is 0 Å². The quantitative estimate of drug-likeness (QED) is 0.852. The normalized spacial score (nSPS) is 13.4. The molecule has 6 heteroatoms. The predicted molar refractivity (Wildman–Crippen MR) is 87.2 cm³/mol. The molecule has 0 aliphatic carbocycles. The molecule has 2 rings (SSSR count). The number of nitrogens with zero attached hydrogens (tertiary/aromatic N) is 2. The summed E-state index contributed by atoms with van der Waals surface area (Å²) >= 11 is 4.96. The largest absolute Gasteiger partial charge is 0.309 e. The van der Waals surface area contributed by atoms with Crippen molar-refractivity contribution in [1.82, 2.24) is 19.7 Å². The fourth-order valence-corrected chi connectivity index (χ4v) is 2.50. The molecule has 2 heterocycles. The lowest BCUT2D eigenvalue weighted by Crippen LogP contribution is -2.32. The maximum atomic E-state index is 12.9. The minimum absolute atomic E-state index is 0.0328. The molecule has 0 aliphatic rings. The zero-order valence-electron chi connectivity index (χ0n) is 13.2. The van der Waals surface area contributed by atoms with Crippen molar-refractivity contribution < 1.29 is 0 Å². The van der Waals surface area contributed by atoms with Crippen LogP contribution in [0.4, 0.5) is 0 Å². The maximum absolute atomic E-state index is 12.9. The summed E-state index contributed by atoms with van der Waals surface area (Å²) in [5.74, 6) is 0.488. The molecule has 2 aromatic heterocycles. The summed E-state index contributed by atoms with van der Waals surface area (Å²) in [6.07, 6.45) is 0.892. The van der Waals surface area contributed by atoms with Crippen LogP contribution in [0.5, 0.6) is 0 Å². The highest BCUT2D eigenvalue weighted by Crippen LogP contribution is 2.26. The number of aromatic nitrogens is 4. The van der Waals surface area contributed by atoms with Gasteiger partial charge in [0, 0.05) is 17.2 Å². The van der Waals surface area contributed by atoms with Gasteiger partial charge in [-0.1, -0.05) is 27.7 Å². The first kappa shape index (κ1) is 15.7. The van der Waals surface area contributed by atoms with Crippen LogP contribution in [-0.2, 0) is 5.41 Å². The average Bonchev–Trinajstić information content (AvgIpc) is 2.82. The molecule has 2 aromatic rings. The topological polar surface area (TPSA) is 66.5 Å². The molecule has 0 aromatic carbocycles. The van der Waals surface area contributed by atoms with Crippen LogP contribution in [0.3, 0.4) is 0 Å². The number of rotatable bonds is 3. The van der Waals surface area contributed by atoms with Gasteiger partial charge in [0.25, 0.3) is 5.56 Å². The highest BCUT2D eigenvalue weighted by atomic mass is 32.1. The molecule has 0 saturated carbocycles. The van der Waals surface area contributed by atoms with Gasteiger partial charge in [-0.25, -0.2) is 0 Å². The van der Waals surface area contributed by atoms with E-state index in [9.17, 15) is 4.79 Å². The van der Waals surface area contributed by atoms with Crippen molar-refractivity contribution in [2.24, 2.45) is 0 Å². The smallest absolute Gasteiger partial charge is 0.262 e. The van der Waals surface area contributed by atoms with Gasteiger partial charge in [0.15, 0.2) is 5.82 Å². The Balaban J connectivity index is 2.74. The maximum Gasteiger partial charge on any atom is 0.262 e. The molecule has 0 amide bonds. The average molecular weight is 306 g/mol. The zero-order chi connectivity index (χ0) is 15.8. The van der Waals surface area contributed by atoms with E-state index in [1.807, 2.05) is 16.7 Å². The monoisotopic (exact) mass is 306 g/mol. The molecular weight excluding hydrogens is 284 g/mol. The first-order valence-corrected chi connectivity index (χ1v) is 7.57. The number of hydrogen-bond donors (Lipinski definition) is 2. The first-order chi connectivity index (χ1) is 9.75. The molecule has 0 bridgehead atoms. The fraction of sp³-hybridized carbons (Fsp3) is 0.533. The van der Waals surface area contributed by atoms with Gasteiger partial charge >= 0.3 is 0 Å². The van der Waals surface area contributed by atoms with E-state index in [1.165, 1.54) is 0 Å². The molecule has 0 radical (unpaired) electrons. The van der Waals surface area contributed by atoms with E-state index in [1.54, 1.807) is 0 Å². The second-order valence-corrected chi connectivity index (χ2v) is 6.72. The first-order valence-electron chi connectivity index (χ1n) is 7.16. The Bertz CT molecular complexity index is 748. The Morgan fingerprint density at radius 2 is 2.00 bits per heavy atom. The lowest BCUT2D eigenvalue weighted by atomic mass is 9.90. The number of hydrogen-bond acceptors (Lipinski definition) is 3. The SMILES string of the molecule is CCC(C)n1c(C(C)(C)C)ccc(-c2nc(=S)[nH][nH]2)c1=O. The summed E-state index contributed by atoms with van der Waals surface area (Å²) in [6, 6.07) is 3.96. The highest BCUT2D eigenvalue weighted by Gasteiger charge is 2.23. The summed E-state index contributed by atoms with van der Waals surface area (Å²) in [7, 11) is 0. The van der Waals surface area contributed by atoms with Gasteiger partial charge < -0.3 is 4.57 Å².